The molecule has 0 aromatic heterocycles. The summed E-state index contributed by atoms with van der Waals surface area (Å²) in [6.07, 6.45) is 0. The molecule has 0 saturated heterocycles. The lowest BCUT2D eigenvalue weighted by atomic mass is 10.2. The molecule has 21 heavy (non-hydrogen) atoms. The number of hydrogen-bond donors (Lipinski definition) is 2. The number of aryl methyl sites for hydroxylation is 1. The van der Waals surface area contributed by atoms with Crippen molar-refractivity contribution in [2.45, 2.75) is 6.92 Å². The van der Waals surface area contributed by atoms with E-state index < -0.39 is 5.82 Å². The maximum absolute atomic E-state index is 13.2. The molecule has 6 heteroatoms. The quantitative estimate of drug-likeness (QED) is 0.827. The lowest BCUT2D eigenvalue weighted by Gasteiger charge is -2.10. The number of amides is 1. The molecule has 1 amide bonds. The number of halogens is 2. The van der Waals surface area contributed by atoms with Crippen molar-refractivity contribution in [3.05, 3.63) is 52.3 Å². The first-order valence-electron chi connectivity index (χ1n) is 6.19. The fourth-order valence-electron chi connectivity index (χ4n) is 1.74. The first-order valence-corrected chi connectivity index (χ1v) is 6.98. The molecule has 110 valence electrons. The number of nitrogens with two attached hydrogens (primary N) is 1. The van der Waals surface area contributed by atoms with Crippen LogP contribution in [0.15, 0.2) is 40.9 Å². The van der Waals surface area contributed by atoms with Crippen LogP contribution in [0.4, 0.5) is 15.8 Å². The van der Waals surface area contributed by atoms with E-state index in [-0.39, 0.29) is 18.3 Å². The number of ether oxygens (including phenoxy) is 1. The molecule has 0 aliphatic heterocycles. The molecule has 0 aliphatic carbocycles. The molecule has 2 aromatic carbocycles. The van der Waals surface area contributed by atoms with Crippen LogP contribution in [0.1, 0.15) is 5.56 Å². The highest BCUT2D eigenvalue weighted by Gasteiger charge is 2.07. The molecule has 0 aliphatic rings. The average Bonchev–Trinajstić information content (AvgIpc) is 2.39. The fourth-order valence-corrected chi connectivity index (χ4v) is 2.19. The van der Waals surface area contributed by atoms with Crippen LogP contribution in [0.3, 0.4) is 0 Å². The highest BCUT2D eigenvalue weighted by atomic mass is 79.9. The zero-order valence-corrected chi connectivity index (χ0v) is 12.9. The van der Waals surface area contributed by atoms with Gasteiger partial charge in [-0.3, -0.25) is 4.79 Å². The SMILES string of the molecule is Cc1ccc(NC(=O)COc2cc(F)cc(Br)c2)c(N)c1. The number of benzene rings is 2. The van der Waals surface area contributed by atoms with Crippen LogP contribution in [0.2, 0.25) is 0 Å². The van der Waals surface area contributed by atoms with Crippen molar-refractivity contribution < 1.29 is 13.9 Å². The Bertz CT molecular complexity index is 656. The van der Waals surface area contributed by atoms with Crippen molar-refractivity contribution >= 4 is 33.2 Å². The molecule has 0 fully saturated rings. The maximum atomic E-state index is 13.2. The molecule has 2 aromatic rings. The smallest absolute Gasteiger partial charge is 0.262 e. The number of nitrogens with one attached hydrogen (secondary N) is 1. The van der Waals surface area contributed by atoms with Crippen molar-refractivity contribution in [2.75, 3.05) is 17.7 Å². The molecule has 0 heterocycles. The van der Waals surface area contributed by atoms with Crippen molar-refractivity contribution in [2.24, 2.45) is 0 Å². The van der Waals surface area contributed by atoms with E-state index in [2.05, 4.69) is 21.2 Å². The molecule has 0 atom stereocenters. The minimum Gasteiger partial charge on any atom is -0.484 e. The van der Waals surface area contributed by atoms with Crippen molar-refractivity contribution in [1.29, 1.82) is 0 Å². The third kappa shape index (κ3) is 4.46. The van der Waals surface area contributed by atoms with E-state index >= 15 is 0 Å². The van der Waals surface area contributed by atoms with Crippen LogP contribution in [0.5, 0.6) is 5.75 Å². The predicted octanol–water partition coefficient (Wildman–Crippen LogP) is 3.50. The van der Waals surface area contributed by atoms with Gasteiger partial charge in [0, 0.05) is 10.5 Å². The zero-order valence-electron chi connectivity index (χ0n) is 11.3. The van der Waals surface area contributed by atoms with E-state index in [1.54, 1.807) is 18.2 Å². The minimum absolute atomic E-state index is 0.233. The Labute approximate surface area is 130 Å². The topological polar surface area (TPSA) is 64.3 Å². The zero-order chi connectivity index (χ0) is 15.4. The summed E-state index contributed by atoms with van der Waals surface area (Å²) >= 11 is 3.15. The average molecular weight is 353 g/mol. The molecular formula is C15H14BrFN2O2. The van der Waals surface area contributed by atoms with E-state index in [0.29, 0.717) is 15.8 Å². The van der Waals surface area contributed by atoms with Crippen LogP contribution in [-0.4, -0.2) is 12.5 Å². The van der Waals surface area contributed by atoms with Crippen molar-refractivity contribution in [3.8, 4) is 5.75 Å². The molecular weight excluding hydrogens is 339 g/mol. The number of carbonyl (C=O) groups is 1. The second-order valence-corrected chi connectivity index (χ2v) is 5.45. The summed E-state index contributed by atoms with van der Waals surface area (Å²) in [7, 11) is 0. The Kier molecular flexibility index (Phi) is 4.80. The van der Waals surface area contributed by atoms with Gasteiger partial charge in [-0.25, -0.2) is 4.39 Å². The number of carbonyl (C=O) groups excluding carboxylic acids is 1. The summed E-state index contributed by atoms with van der Waals surface area (Å²) in [5.41, 5.74) is 7.82. The fraction of sp³-hybridized carbons (Fsp3) is 0.133. The van der Waals surface area contributed by atoms with E-state index in [1.165, 1.54) is 12.1 Å². The van der Waals surface area contributed by atoms with Gasteiger partial charge in [0.2, 0.25) is 0 Å². The summed E-state index contributed by atoms with van der Waals surface area (Å²) in [6, 6.07) is 9.42. The minimum atomic E-state index is -0.442. The first-order chi connectivity index (χ1) is 9.94. The van der Waals surface area contributed by atoms with Gasteiger partial charge in [0.1, 0.15) is 11.6 Å². The predicted molar refractivity (Wildman–Crippen MR) is 83.8 cm³/mol. The van der Waals surface area contributed by atoms with Crippen LogP contribution in [0, 0.1) is 12.7 Å². The molecule has 0 radical (unpaired) electrons. The van der Waals surface area contributed by atoms with Crippen molar-refractivity contribution in [1.82, 2.24) is 0 Å². The Morgan fingerprint density at radius 1 is 1.33 bits per heavy atom. The lowest BCUT2D eigenvalue weighted by molar-refractivity contribution is -0.118. The van der Waals surface area contributed by atoms with Gasteiger partial charge < -0.3 is 15.8 Å². The number of rotatable bonds is 4. The van der Waals surface area contributed by atoms with Crippen LogP contribution < -0.4 is 15.8 Å². The summed E-state index contributed by atoms with van der Waals surface area (Å²) in [5.74, 6) is -0.539. The largest absolute Gasteiger partial charge is 0.484 e. The first kappa shape index (κ1) is 15.3. The third-order valence-electron chi connectivity index (χ3n) is 2.69. The third-order valence-corrected chi connectivity index (χ3v) is 3.14. The van der Waals surface area contributed by atoms with Gasteiger partial charge in [-0.2, -0.15) is 0 Å². The lowest BCUT2D eigenvalue weighted by Crippen LogP contribution is -2.20. The second-order valence-electron chi connectivity index (χ2n) is 4.53. The van der Waals surface area contributed by atoms with Gasteiger partial charge in [0.25, 0.3) is 5.91 Å². The summed E-state index contributed by atoms with van der Waals surface area (Å²) in [4.78, 5) is 11.8. The number of anilines is 2. The van der Waals surface area contributed by atoms with Crippen LogP contribution >= 0.6 is 15.9 Å². The molecule has 2 rings (SSSR count). The molecule has 3 N–H and O–H groups in total. The number of hydrogen-bond acceptors (Lipinski definition) is 3. The molecule has 0 bridgehead atoms. The summed E-state index contributed by atoms with van der Waals surface area (Å²) < 4.78 is 18.9. The second kappa shape index (κ2) is 6.58. The van der Waals surface area contributed by atoms with Gasteiger partial charge in [-0.1, -0.05) is 22.0 Å². The van der Waals surface area contributed by atoms with Gasteiger partial charge >= 0.3 is 0 Å². The van der Waals surface area contributed by atoms with E-state index in [9.17, 15) is 9.18 Å². The van der Waals surface area contributed by atoms with Crippen LogP contribution in [0.25, 0.3) is 0 Å². The Hall–Kier alpha value is -2.08. The highest BCUT2D eigenvalue weighted by molar-refractivity contribution is 9.10. The monoisotopic (exact) mass is 352 g/mol. The van der Waals surface area contributed by atoms with E-state index in [4.69, 9.17) is 10.5 Å². The normalized spacial score (nSPS) is 10.2. The van der Waals surface area contributed by atoms with E-state index in [1.807, 2.05) is 13.0 Å². The van der Waals surface area contributed by atoms with Gasteiger partial charge in [0.05, 0.1) is 11.4 Å². The molecule has 4 nitrogen and oxygen atoms in total. The molecule has 0 unspecified atom stereocenters. The van der Waals surface area contributed by atoms with Gasteiger partial charge in [0.15, 0.2) is 6.61 Å². The Balaban J connectivity index is 1.95. The van der Waals surface area contributed by atoms with Gasteiger partial charge in [-0.15, -0.1) is 0 Å². The summed E-state index contributed by atoms with van der Waals surface area (Å²) in [5, 5.41) is 2.64. The van der Waals surface area contributed by atoms with Gasteiger partial charge in [-0.05, 0) is 36.8 Å². The Morgan fingerprint density at radius 3 is 2.76 bits per heavy atom. The standard InChI is InChI=1S/C15H14BrFN2O2/c1-9-2-3-14(13(18)4-9)19-15(20)8-21-12-6-10(16)5-11(17)7-12/h2-7H,8,18H2,1H3,(H,19,20). The summed E-state index contributed by atoms with van der Waals surface area (Å²) in [6.45, 7) is 1.68. The Morgan fingerprint density at radius 2 is 2.10 bits per heavy atom. The highest BCUT2D eigenvalue weighted by Crippen LogP contribution is 2.21. The van der Waals surface area contributed by atoms with Crippen molar-refractivity contribution in [3.63, 3.8) is 0 Å². The van der Waals surface area contributed by atoms with Crippen LogP contribution in [-0.2, 0) is 4.79 Å². The molecule has 0 saturated carbocycles. The molecule has 0 spiro atoms. The number of nitrogen functional groups attached to an aromatic ring is 1. The maximum Gasteiger partial charge on any atom is 0.262 e. The van der Waals surface area contributed by atoms with E-state index in [0.717, 1.165) is 5.56 Å².